The number of hydrogen-bond acceptors (Lipinski definition) is 6. The van der Waals surface area contributed by atoms with Gasteiger partial charge in [0.1, 0.15) is 17.5 Å². The van der Waals surface area contributed by atoms with Crippen molar-refractivity contribution in [2.75, 3.05) is 25.5 Å². The van der Waals surface area contributed by atoms with Crippen LogP contribution in [0.4, 0.5) is 23.8 Å². The Kier molecular flexibility index (Phi) is 6.21. The third kappa shape index (κ3) is 4.48. The fraction of sp³-hybridized carbons (Fsp3) is 0.364. The molecule has 8 nitrogen and oxygen atoms in total. The van der Waals surface area contributed by atoms with E-state index in [1.807, 2.05) is 0 Å². The number of pyridine rings is 1. The van der Waals surface area contributed by atoms with E-state index in [4.69, 9.17) is 4.74 Å². The molecule has 0 saturated carbocycles. The molecule has 3 aromatic rings. The van der Waals surface area contributed by atoms with E-state index in [0.717, 1.165) is 6.07 Å². The quantitative estimate of drug-likeness (QED) is 0.622. The van der Waals surface area contributed by atoms with Gasteiger partial charge in [-0.05, 0) is 13.3 Å². The zero-order valence-electron chi connectivity index (χ0n) is 18.0. The largest absolute Gasteiger partial charge is 0.453 e. The van der Waals surface area contributed by atoms with Gasteiger partial charge in [0.2, 0.25) is 0 Å². The van der Waals surface area contributed by atoms with Crippen LogP contribution in [0.3, 0.4) is 0 Å². The zero-order valence-corrected chi connectivity index (χ0v) is 18.0. The predicted molar refractivity (Wildman–Crippen MR) is 115 cm³/mol. The summed E-state index contributed by atoms with van der Waals surface area (Å²) < 4.78 is 46.7. The highest BCUT2D eigenvalue weighted by molar-refractivity contribution is 5.88. The lowest BCUT2D eigenvalue weighted by atomic mass is 10.1. The number of ether oxygens (including phenoxy) is 1. The molecule has 0 bridgehead atoms. The van der Waals surface area contributed by atoms with Gasteiger partial charge in [-0.25, -0.2) is 27.9 Å². The number of carbonyl (C=O) groups excluding carboxylic acids is 1. The van der Waals surface area contributed by atoms with Crippen LogP contribution in [0.5, 0.6) is 0 Å². The highest BCUT2D eigenvalue weighted by atomic mass is 19.3. The molecule has 1 fully saturated rings. The van der Waals surface area contributed by atoms with Crippen LogP contribution < -0.4 is 10.9 Å². The lowest BCUT2D eigenvalue weighted by Gasteiger charge is -2.18. The minimum atomic E-state index is -2.92. The Morgan fingerprint density at radius 3 is 2.85 bits per heavy atom. The molecule has 0 radical (unpaired) electrons. The van der Waals surface area contributed by atoms with Crippen LogP contribution in [0.25, 0.3) is 10.9 Å². The molecule has 1 aromatic carbocycles. The van der Waals surface area contributed by atoms with E-state index in [1.165, 1.54) is 34.8 Å². The first-order valence-corrected chi connectivity index (χ1v) is 10.3. The summed E-state index contributed by atoms with van der Waals surface area (Å²) in [4.78, 5) is 34.7. The summed E-state index contributed by atoms with van der Waals surface area (Å²) in [5, 5.41) is 3.51. The van der Waals surface area contributed by atoms with Crippen LogP contribution in [0.2, 0.25) is 0 Å². The number of carbonyl (C=O) groups is 1. The van der Waals surface area contributed by atoms with Crippen molar-refractivity contribution in [3.8, 4) is 0 Å². The molecule has 33 heavy (non-hydrogen) atoms. The van der Waals surface area contributed by atoms with E-state index >= 15 is 0 Å². The van der Waals surface area contributed by atoms with Crippen molar-refractivity contribution in [2.24, 2.45) is 0 Å². The second-order valence-electron chi connectivity index (χ2n) is 7.77. The summed E-state index contributed by atoms with van der Waals surface area (Å²) >= 11 is 0. The monoisotopic (exact) mass is 461 g/mol. The van der Waals surface area contributed by atoms with E-state index in [2.05, 4.69) is 15.3 Å². The van der Waals surface area contributed by atoms with Crippen molar-refractivity contribution in [1.29, 1.82) is 0 Å². The van der Waals surface area contributed by atoms with E-state index < -0.39 is 23.9 Å². The van der Waals surface area contributed by atoms with Crippen LogP contribution in [0.1, 0.15) is 35.8 Å². The number of nitrogens with one attached hydrogen (secondary N) is 1. The summed E-state index contributed by atoms with van der Waals surface area (Å²) in [6.45, 7) is 2.34. The molecule has 1 N–H and O–H groups in total. The first-order valence-electron chi connectivity index (χ1n) is 10.3. The second kappa shape index (κ2) is 9.08. The van der Waals surface area contributed by atoms with Gasteiger partial charge in [0.15, 0.2) is 0 Å². The van der Waals surface area contributed by atoms with Crippen molar-refractivity contribution in [1.82, 2.24) is 19.4 Å². The Labute approximate surface area is 187 Å². The average molecular weight is 461 g/mol. The van der Waals surface area contributed by atoms with Gasteiger partial charge in [-0.3, -0.25) is 4.79 Å². The number of benzene rings is 1. The fourth-order valence-electron chi connectivity index (χ4n) is 4.00. The number of nitrogens with zero attached hydrogens (tertiary/aromatic N) is 4. The first-order chi connectivity index (χ1) is 15.8. The second-order valence-corrected chi connectivity index (χ2v) is 7.77. The number of alkyl halides is 2. The van der Waals surface area contributed by atoms with Gasteiger partial charge in [0.05, 0.1) is 29.6 Å². The summed E-state index contributed by atoms with van der Waals surface area (Å²) in [6, 6.07) is 4.96. The summed E-state index contributed by atoms with van der Waals surface area (Å²) in [5.41, 5.74) is -0.479. The number of fused-ring (bicyclic) bond motifs is 1. The number of amides is 1. The number of aromatic nitrogens is 3. The molecule has 1 amide bonds. The van der Waals surface area contributed by atoms with Crippen molar-refractivity contribution >= 4 is 22.8 Å². The molecule has 1 atom stereocenters. The molecule has 0 spiro atoms. The van der Waals surface area contributed by atoms with Crippen LogP contribution in [-0.4, -0.2) is 45.7 Å². The van der Waals surface area contributed by atoms with Crippen LogP contribution >= 0.6 is 0 Å². The minimum absolute atomic E-state index is 0.0649. The predicted octanol–water partition coefficient (Wildman–Crippen LogP) is 3.80. The van der Waals surface area contributed by atoms with Gasteiger partial charge in [-0.2, -0.15) is 0 Å². The van der Waals surface area contributed by atoms with E-state index in [9.17, 15) is 22.8 Å². The van der Waals surface area contributed by atoms with Crippen molar-refractivity contribution in [3.63, 3.8) is 0 Å². The summed E-state index contributed by atoms with van der Waals surface area (Å²) in [6.07, 6.45) is -1.20. The van der Waals surface area contributed by atoms with E-state index in [0.29, 0.717) is 42.1 Å². The summed E-state index contributed by atoms with van der Waals surface area (Å²) in [5.74, 6) is -0.238. The third-order valence-corrected chi connectivity index (χ3v) is 5.65. The molecular formula is C22H22F3N5O3. The number of hydrogen-bond donors (Lipinski definition) is 1. The number of methoxy groups -OCH3 is 1. The Morgan fingerprint density at radius 1 is 1.33 bits per heavy atom. The first kappa shape index (κ1) is 22.6. The van der Waals surface area contributed by atoms with Gasteiger partial charge in [-0.1, -0.05) is 18.2 Å². The lowest BCUT2D eigenvalue weighted by molar-refractivity contribution is 0.131. The number of aryl methyl sites for hydroxylation is 1. The smallest absolute Gasteiger partial charge is 0.409 e. The minimum Gasteiger partial charge on any atom is -0.453 e. The molecule has 3 heterocycles. The van der Waals surface area contributed by atoms with Crippen molar-refractivity contribution < 1.29 is 22.7 Å². The molecule has 1 unspecified atom stereocenters. The maximum atomic E-state index is 14.4. The molecular weight excluding hydrogens is 439 g/mol. The molecule has 0 aliphatic carbocycles. The molecule has 1 saturated heterocycles. The Bertz CT molecular complexity index is 1260. The molecule has 11 heteroatoms. The van der Waals surface area contributed by atoms with Gasteiger partial charge in [0.25, 0.3) is 12.0 Å². The Hall–Kier alpha value is -3.63. The zero-order chi connectivity index (χ0) is 23.7. The maximum Gasteiger partial charge on any atom is 0.409 e. The molecule has 1 aliphatic heterocycles. The topological polar surface area (TPSA) is 89.3 Å². The Morgan fingerprint density at radius 2 is 2.12 bits per heavy atom. The number of anilines is 1. The van der Waals surface area contributed by atoms with Gasteiger partial charge in [-0.15, -0.1) is 0 Å². The van der Waals surface area contributed by atoms with E-state index in [1.54, 1.807) is 13.1 Å². The SMILES string of the molecule is COC(=O)N1CCC(n2cc3c(NCc4cccc(C(F)F)c4F)nc(C)nc3cc2=O)C1. The van der Waals surface area contributed by atoms with Crippen molar-refractivity contribution in [2.45, 2.75) is 32.4 Å². The Balaban J connectivity index is 1.67. The lowest BCUT2D eigenvalue weighted by Crippen LogP contribution is -2.31. The van der Waals surface area contributed by atoms with Crippen LogP contribution in [0, 0.1) is 12.7 Å². The fourth-order valence-corrected chi connectivity index (χ4v) is 4.00. The number of likely N-dealkylation sites (tertiary alicyclic amines) is 1. The van der Waals surface area contributed by atoms with E-state index in [-0.39, 0.29) is 23.7 Å². The molecule has 4 rings (SSSR count). The number of rotatable bonds is 5. The highest BCUT2D eigenvalue weighted by Crippen LogP contribution is 2.27. The van der Waals surface area contributed by atoms with Gasteiger partial charge in [0, 0.05) is 37.5 Å². The molecule has 1 aliphatic rings. The normalized spacial score (nSPS) is 15.9. The average Bonchev–Trinajstić information content (AvgIpc) is 3.27. The van der Waals surface area contributed by atoms with Crippen molar-refractivity contribution in [3.05, 3.63) is 63.6 Å². The third-order valence-electron chi connectivity index (χ3n) is 5.65. The number of halogens is 3. The summed E-state index contributed by atoms with van der Waals surface area (Å²) in [7, 11) is 1.30. The van der Waals surface area contributed by atoms with Gasteiger partial charge < -0.3 is 19.5 Å². The van der Waals surface area contributed by atoms with Crippen LogP contribution in [-0.2, 0) is 11.3 Å². The van der Waals surface area contributed by atoms with Gasteiger partial charge >= 0.3 is 6.09 Å². The molecule has 174 valence electrons. The standard InChI is InChI=1S/C22H22F3N5O3/c1-12-27-17-8-18(31)30(14-6-7-29(10-14)22(32)33-2)11-16(17)21(28-12)26-9-13-4-3-5-15(19(13)23)20(24)25/h3-5,8,11,14,20H,6-7,9-10H2,1-2H3,(H,26,27,28). The highest BCUT2D eigenvalue weighted by Gasteiger charge is 2.29. The van der Waals surface area contributed by atoms with Crippen LogP contribution in [0.15, 0.2) is 35.3 Å². The molecule has 2 aromatic heterocycles. The maximum absolute atomic E-state index is 14.4.